The summed E-state index contributed by atoms with van der Waals surface area (Å²) >= 11 is 0. The van der Waals surface area contributed by atoms with Gasteiger partial charge in [-0.1, -0.05) is 30.3 Å². The van der Waals surface area contributed by atoms with Crippen LogP contribution in [-0.4, -0.2) is 36.0 Å². The van der Waals surface area contributed by atoms with Gasteiger partial charge >= 0.3 is 5.97 Å². The van der Waals surface area contributed by atoms with E-state index in [-0.39, 0.29) is 11.5 Å². The molecule has 3 N–H and O–H groups in total. The first kappa shape index (κ1) is 20.8. The third kappa shape index (κ3) is 6.32. The maximum Gasteiger partial charge on any atom is 0.335 e. The number of carbonyl (C=O) groups excluding carboxylic acids is 1. The number of anilines is 1. The Hall–Kier alpha value is -2.47. The number of amides is 1. The Kier molecular flexibility index (Phi) is 7.73. The minimum Gasteiger partial charge on any atom is -0.478 e. The fourth-order valence-electron chi connectivity index (χ4n) is 2.43. The van der Waals surface area contributed by atoms with Crippen molar-refractivity contribution in [2.45, 2.75) is 25.2 Å². The van der Waals surface area contributed by atoms with Gasteiger partial charge in [-0.15, -0.1) is 0 Å². The zero-order valence-electron chi connectivity index (χ0n) is 15.1. The van der Waals surface area contributed by atoms with Crippen molar-refractivity contribution in [3.8, 4) is 0 Å². The lowest BCUT2D eigenvalue weighted by Crippen LogP contribution is -2.36. The number of carbonyl (C=O) groups is 2. The van der Waals surface area contributed by atoms with Gasteiger partial charge in [-0.25, -0.2) is 4.79 Å². The van der Waals surface area contributed by atoms with Gasteiger partial charge in [0.05, 0.1) is 11.6 Å². The van der Waals surface area contributed by atoms with E-state index < -0.39 is 25.8 Å². The second kappa shape index (κ2) is 10.0. The van der Waals surface area contributed by atoms with Crippen molar-refractivity contribution in [3.05, 3.63) is 65.7 Å². The Labute approximate surface area is 158 Å². The molecule has 0 heterocycles. The molecule has 2 unspecified atom stereocenters. The molecule has 1 amide bonds. The highest BCUT2D eigenvalue weighted by atomic mass is 31.1. The summed E-state index contributed by atoms with van der Waals surface area (Å²) in [4.78, 5) is 23.1. The monoisotopic (exact) mass is 390 g/mol. The van der Waals surface area contributed by atoms with Gasteiger partial charge in [0.2, 0.25) is 5.91 Å². The number of carboxylic acids is 1. The molecule has 0 spiro atoms. The second-order valence-electron chi connectivity index (χ2n) is 6.02. The normalized spacial score (nSPS) is 14.1. The van der Waals surface area contributed by atoms with Gasteiger partial charge in [0.25, 0.3) is 0 Å². The quantitative estimate of drug-likeness (QED) is 0.569. The van der Waals surface area contributed by atoms with Crippen LogP contribution in [0.25, 0.3) is 0 Å². The summed E-state index contributed by atoms with van der Waals surface area (Å²) in [5.74, 6) is -1.93. The molecule has 27 heavy (non-hydrogen) atoms. The number of methoxy groups -OCH3 is 1. The van der Waals surface area contributed by atoms with E-state index in [4.69, 9.17) is 9.84 Å². The Balaban J connectivity index is 1.91. The van der Waals surface area contributed by atoms with Crippen molar-refractivity contribution in [1.82, 2.24) is 5.09 Å². The topological polar surface area (TPSA) is 105 Å². The molecular formula is C19H23N2O5P. The van der Waals surface area contributed by atoms with Gasteiger partial charge in [0.15, 0.2) is 7.95 Å². The molecule has 0 aliphatic carbocycles. The molecule has 0 aliphatic rings. The summed E-state index contributed by atoms with van der Waals surface area (Å²) < 4.78 is 17.9. The van der Waals surface area contributed by atoms with Gasteiger partial charge in [0.1, 0.15) is 5.85 Å². The van der Waals surface area contributed by atoms with Gasteiger partial charge in [-0.3, -0.25) is 9.88 Å². The van der Waals surface area contributed by atoms with Crippen LogP contribution >= 0.6 is 7.95 Å². The summed E-state index contributed by atoms with van der Waals surface area (Å²) in [6.45, 7) is 1.61. The van der Waals surface area contributed by atoms with Crippen LogP contribution in [0.2, 0.25) is 0 Å². The van der Waals surface area contributed by atoms with Crippen LogP contribution in [0.1, 0.15) is 22.8 Å². The van der Waals surface area contributed by atoms with Crippen molar-refractivity contribution in [2.24, 2.45) is 0 Å². The van der Waals surface area contributed by atoms with Crippen molar-refractivity contribution in [2.75, 3.05) is 12.4 Å². The van der Waals surface area contributed by atoms with E-state index in [2.05, 4.69) is 10.4 Å². The second-order valence-corrected chi connectivity index (χ2v) is 7.68. The summed E-state index contributed by atoms with van der Waals surface area (Å²) in [6.07, 6.45) is 0.479. The molecule has 8 heteroatoms. The van der Waals surface area contributed by atoms with Gasteiger partial charge in [0, 0.05) is 19.2 Å². The van der Waals surface area contributed by atoms with Crippen LogP contribution < -0.4 is 10.4 Å². The Morgan fingerprint density at radius 1 is 1.11 bits per heavy atom. The zero-order chi connectivity index (χ0) is 19.8. The molecule has 144 valence electrons. The maximum atomic E-state index is 12.6. The fourth-order valence-corrected chi connectivity index (χ4v) is 3.81. The molecule has 0 radical (unpaired) electrons. The maximum absolute atomic E-state index is 12.6. The first-order valence-electron chi connectivity index (χ1n) is 8.42. The number of hydrogen-bond donors (Lipinski definition) is 3. The molecule has 0 saturated heterocycles. The third-order valence-corrected chi connectivity index (χ3v) is 5.73. The average molecular weight is 390 g/mol. The molecule has 7 nitrogen and oxygen atoms in total. The van der Waals surface area contributed by atoms with E-state index in [1.807, 2.05) is 30.3 Å². The van der Waals surface area contributed by atoms with Gasteiger partial charge in [-0.05, 0) is 36.8 Å². The van der Waals surface area contributed by atoms with E-state index in [9.17, 15) is 14.2 Å². The smallest absolute Gasteiger partial charge is 0.335 e. The van der Waals surface area contributed by atoms with Crippen molar-refractivity contribution in [3.63, 3.8) is 0 Å². The summed E-state index contributed by atoms with van der Waals surface area (Å²) in [5.41, 5.74) is 1.60. The molecule has 0 aromatic heterocycles. The van der Waals surface area contributed by atoms with Crippen molar-refractivity contribution >= 4 is 25.5 Å². The minimum absolute atomic E-state index is 0.132. The number of ether oxygens (including phenoxy) is 1. The standard InChI is InChI=1S/C19H23N2O5P/c1-13(18(22)20-16-10-8-15(9-11-16)19(23)24)21-27(25)17(26-2)12-14-6-4-3-5-7-14/h3-11,13,17,27H,12H2,1-2H3,(H,20,22)(H,21,25)(H,23,24)/t13?,17-/m0/s1. The number of rotatable bonds is 9. The molecule has 0 bridgehead atoms. The molecular weight excluding hydrogens is 367 g/mol. The molecule has 2 rings (SSSR count). The highest BCUT2D eigenvalue weighted by Crippen LogP contribution is 2.28. The van der Waals surface area contributed by atoms with Crippen LogP contribution in [0.15, 0.2) is 54.6 Å². The molecule has 0 aliphatic heterocycles. The largest absolute Gasteiger partial charge is 0.478 e. The number of aromatic carboxylic acids is 1. The highest BCUT2D eigenvalue weighted by Gasteiger charge is 2.21. The SMILES string of the molecule is CO[C@H](Cc1ccccc1)[PH](=O)NC(C)C(=O)Nc1ccc(C(=O)O)cc1. The minimum atomic E-state index is -2.39. The number of carboxylic acid groups (broad SMARTS) is 1. The van der Waals surface area contributed by atoms with Crippen LogP contribution in [0, 0.1) is 0 Å². The highest BCUT2D eigenvalue weighted by molar-refractivity contribution is 7.43. The Morgan fingerprint density at radius 3 is 2.30 bits per heavy atom. The van der Waals surface area contributed by atoms with Gasteiger partial charge in [-0.2, -0.15) is 0 Å². The molecule has 0 saturated carbocycles. The van der Waals surface area contributed by atoms with E-state index in [1.165, 1.54) is 31.4 Å². The summed E-state index contributed by atoms with van der Waals surface area (Å²) in [5, 5.41) is 14.4. The number of benzene rings is 2. The zero-order valence-corrected chi connectivity index (χ0v) is 16.1. The van der Waals surface area contributed by atoms with Crippen molar-refractivity contribution < 1.29 is 24.0 Å². The average Bonchev–Trinajstić information content (AvgIpc) is 2.67. The lowest BCUT2D eigenvalue weighted by Gasteiger charge is -2.19. The molecule has 2 aromatic rings. The Bertz CT molecular complexity index is 796. The number of hydrogen-bond acceptors (Lipinski definition) is 4. The Morgan fingerprint density at radius 2 is 1.74 bits per heavy atom. The van der Waals surface area contributed by atoms with Crippen LogP contribution in [0.3, 0.4) is 0 Å². The number of nitrogens with one attached hydrogen (secondary N) is 2. The molecule has 0 fully saturated rings. The van der Waals surface area contributed by atoms with E-state index in [0.717, 1.165) is 5.56 Å². The summed E-state index contributed by atoms with van der Waals surface area (Å²) in [7, 11) is -0.897. The van der Waals surface area contributed by atoms with Crippen LogP contribution in [0.5, 0.6) is 0 Å². The fraction of sp³-hybridized carbons (Fsp3) is 0.263. The van der Waals surface area contributed by atoms with E-state index >= 15 is 0 Å². The van der Waals surface area contributed by atoms with E-state index in [0.29, 0.717) is 12.1 Å². The predicted molar refractivity (Wildman–Crippen MR) is 105 cm³/mol. The van der Waals surface area contributed by atoms with E-state index in [1.54, 1.807) is 6.92 Å². The first-order chi connectivity index (χ1) is 12.9. The molecule has 3 atom stereocenters. The first-order valence-corrected chi connectivity index (χ1v) is 9.90. The van der Waals surface area contributed by atoms with Crippen molar-refractivity contribution in [1.29, 1.82) is 0 Å². The molecule has 2 aromatic carbocycles. The van der Waals surface area contributed by atoms with Crippen LogP contribution in [0.4, 0.5) is 5.69 Å². The van der Waals surface area contributed by atoms with Crippen LogP contribution in [-0.2, 0) is 20.5 Å². The lowest BCUT2D eigenvalue weighted by atomic mass is 10.2. The predicted octanol–water partition coefficient (Wildman–Crippen LogP) is 2.99. The third-order valence-electron chi connectivity index (χ3n) is 3.99. The van der Waals surface area contributed by atoms with Gasteiger partial charge < -0.3 is 19.7 Å². The summed E-state index contributed by atoms with van der Waals surface area (Å²) in [6, 6.07) is 14.7. The lowest BCUT2D eigenvalue weighted by molar-refractivity contribution is -0.117.